The van der Waals surface area contributed by atoms with Gasteiger partial charge in [0.05, 0.1) is 22.7 Å². The normalized spacial score (nSPS) is 46.1. The Hall–Kier alpha value is -1.71. The summed E-state index contributed by atoms with van der Waals surface area (Å²) < 4.78 is 129. The Kier molecular flexibility index (Phi) is 1.26. The lowest BCUT2D eigenvalue weighted by molar-refractivity contribution is -0.119. The summed E-state index contributed by atoms with van der Waals surface area (Å²) in [6, 6.07) is -2.60. The SMILES string of the molecule is [2H]c1c([2H])c(C2CNC(=O)C2)c([2H])c(OC2([2H])C([2H])([2H])C([2H])([2H])C([2H])([2H])C2([2H])[2H])c1OC([2H])([2H])[2H]. The zero-order valence-electron chi connectivity index (χ0n) is 25.2. The monoisotopic (exact) mass is 290 g/mol. The van der Waals surface area contributed by atoms with Crippen molar-refractivity contribution in [1.29, 1.82) is 0 Å². The number of carbonyl (C=O) groups is 1. The van der Waals surface area contributed by atoms with Crippen LogP contribution >= 0.6 is 0 Å². The summed E-state index contributed by atoms with van der Waals surface area (Å²) in [7, 11) is -3.30. The van der Waals surface area contributed by atoms with E-state index < -0.39 is 80.1 Å². The number of carbonyl (C=O) groups excluding carboxylic acids is 1. The maximum atomic E-state index is 11.7. The molecule has 1 saturated heterocycles. The van der Waals surface area contributed by atoms with E-state index in [4.69, 9.17) is 30.0 Å². The van der Waals surface area contributed by atoms with Crippen LogP contribution in [0.2, 0.25) is 0 Å². The van der Waals surface area contributed by atoms with Crippen LogP contribution in [-0.4, -0.2) is 25.6 Å². The zero-order valence-corrected chi connectivity index (χ0v) is 10.2. The van der Waals surface area contributed by atoms with E-state index in [9.17, 15) is 4.79 Å². The Labute approximate surface area is 140 Å². The predicted octanol–water partition coefficient (Wildman–Crippen LogP) is 2.62. The molecule has 2 aliphatic rings. The predicted molar refractivity (Wildman–Crippen MR) is 76.2 cm³/mol. The van der Waals surface area contributed by atoms with Gasteiger partial charge >= 0.3 is 0 Å². The molecule has 3 rings (SSSR count). The Balaban J connectivity index is 2.33. The van der Waals surface area contributed by atoms with Crippen LogP contribution in [0.15, 0.2) is 18.1 Å². The smallest absolute Gasteiger partial charge is 0.220 e. The van der Waals surface area contributed by atoms with Crippen molar-refractivity contribution in [1.82, 2.24) is 5.32 Å². The van der Waals surface area contributed by atoms with Crippen LogP contribution in [0.5, 0.6) is 11.5 Å². The van der Waals surface area contributed by atoms with Crippen LogP contribution in [0.25, 0.3) is 0 Å². The Morgan fingerprint density at radius 2 is 2.30 bits per heavy atom. The number of ether oxygens (including phenoxy) is 2. The van der Waals surface area contributed by atoms with Gasteiger partial charge in [-0.3, -0.25) is 4.79 Å². The highest BCUT2D eigenvalue weighted by Crippen LogP contribution is 2.35. The molecule has 1 amide bonds. The zero-order chi connectivity index (χ0) is 27.2. The molecule has 1 unspecified atom stereocenters. The quantitative estimate of drug-likeness (QED) is 0.927. The molecule has 20 heavy (non-hydrogen) atoms. The number of benzene rings is 1. The maximum Gasteiger partial charge on any atom is 0.220 e. The first-order valence-electron chi connectivity index (χ1n) is 13.3. The van der Waals surface area contributed by atoms with Crippen molar-refractivity contribution in [3.8, 4) is 11.5 Å². The maximum absolute atomic E-state index is 11.7. The van der Waals surface area contributed by atoms with Crippen LogP contribution < -0.4 is 14.8 Å². The van der Waals surface area contributed by atoms with Crippen molar-refractivity contribution in [2.75, 3.05) is 13.6 Å². The molecular formula is C16H21NO3. The third-order valence-electron chi connectivity index (χ3n) is 2.87. The Morgan fingerprint density at radius 1 is 1.45 bits per heavy atom. The van der Waals surface area contributed by atoms with Crippen molar-refractivity contribution in [2.45, 2.75) is 43.9 Å². The molecule has 1 aliphatic carbocycles. The molecular weight excluding hydrogens is 254 g/mol. The van der Waals surface area contributed by atoms with Crippen molar-refractivity contribution < 1.29 is 34.8 Å². The molecule has 0 radical (unpaired) electrons. The highest BCUT2D eigenvalue weighted by molar-refractivity contribution is 5.79. The second-order valence-electron chi connectivity index (χ2n) is 4.19. The number of hydrogen-bond donors (Lipinski definition) is 1. The first-order valence-corrected chi connectivity index (χ1v) is 5.83. The Bertz CT molecular complexity index is 1040. The number of rotatable bonds is 4. The molecule has 1 aromatic rings. The lowest BCUT2D eigenvalue weighted by atomic mass is 9.98. The van der Waals surface area contributed by atoms with E-state index >= 15 is 0 Å². The first-order chi connectivity index (χ1) is 15.5. The third kappa shape index (κ3) is 2.74. The molecule has 4 nitrogen and oxygen atoms in total. The van der Waals surface area contributed by atoms with E-state index in [1.807, 2.05) is 0 Å². The van der Waals surface area contributed by atoms with Crippen molar-refractivity contribution in [3.05, 3.63) is 23.7 Å². The number of amides is 1. The fraction of sp³-hybridized carbons (Fsp3) is 0.562. The van der Waals surface area contributed by atoms with E-state index in [0.717, 1.165) is 0 Å². The fourth-order valence-electron chi connectivity index (χ4n) is 1.91. The summed E-state index contributed by atoms with van der Waals surface area (Å²) >= 11 is 0. The molecule has 1 aliphatic heterocycles. The van der Waals surface area contributed by atoms with Gasteiger partial charge in [-0.2, -0.15) is 0 Å². The van der Waals surface area contributed by atoms with Crippen LogP contribution in [0.4, 0.5) is 0 Å². The summed E-state index contributed by atoms with van der Waals surface area (Å²) in [4.78, 5) is 11.7. The van der Waals surface area contributed by atoms with E-state index in [-0.39, 0.29) is 18.5 Å². The average molecular weight is 290 g/mol. The van der Waals surface area contributed by atoms with Gasteiger partial charge in [0.15, 0.2) is 11.5 Å². The molecule has 2 fully saturated rings. The standard InChI is InChI=1S/C16H21NO3/c1-19-14-7-6-11(12-9-16(18)17-10-12)8-15(14)20-13-4-2-3-5-13/h6-8,12-13H,2-5,9-10H2,1H3,(H,17,18)/i1D3,2D2,3D2,4D2,5D2,6D,7D,8D,13D. The topological polar surface area (TPSA) is 47.6 Å². The van der Waals surface area contributed by atoms with Gasteiger partial charge < -0.3 is 14.8 Å². The van der Waals surface area contributed by atoms with Gasteiger partial charge in [0, 0.05) is 29.8 Å². The lowest BCUT2D eigenvalue weighted by Crippen LogP contribution is -2.14. The third-order valence-corrected chi connectivity index (χ3v) is 2.87. The average Bonchev–Trinajstić information content (AvgIpc) is 3.14. The van der Waals surface area contributed by atoms with Gasteiger partial charge in [-0.1, -0.05) is 6.04 Å². The van der Waals surface area contributed by atoms with Gasteiger partial charge in [-0.15, -0.1) is 0 Å². The molecule has 0 bridgehead atoms. The molecule has 0 spiro atoms. The summed E-state index contributed by atoms with van der Waals surface area (Å²) in [5, 5.41) is 2.46. The van der Waals surface area contributed by atoms with Crippen molar-refractivity contribution in [3.63, 3.8) is 0 Å². The van der Waals surface area contributed by atoms with E-state index in [1.54, 1.807) is 0 Å². The number of methoxy groups -OCH3 is 1. The molecule has 0 aromatic heterocycles. The van der Waals surface area contributed by atoms with Gasteiger partial charge in [-0.25, -0.2) is 0 Å². The Morgan fingerprint density at radius 3 is 3.00 bits per heavy atom. The van der Waals surface area contributed by atoms with Crippen LogP contribution in [0.1, 0.15) is 64.0 Å². The van der Waals surface area contributed by atoms with E-state index in [2.05, 4.69) is 5.32 Å². The molecule has 108 valence electrons. The minimum absolute atomic E-state index is 0.0757. The second-order valence-corrected chi connectivity index (χ2v) is 4.19. The van der Waals surface area contributed by atoms with Gasteiger partial charge in [0.2, 0.25) is 5.91 Å². The summed E-state index contributed by atoms with van der Waals surface area (Å²) in [6.45, 7) is -0.0757. The molecule has 4 heteroatoms. The van der Waals surface area contributed by atoms with Crippen molar-refractivity contribution >= 4 is 5.91 Å². The minimum atomic E-state index is -3.76. The number of nitrogens with one attached hydrogen (secondary N) is 1. The summed E-state index contributed by atoms with van der Waals surface area (Å²) in [5.74, 6) is -3.63. The first kappa shape index (κ1) is 4.39. The van der Waals surface area contributed by atoms with E-state index in [1.165, 1.54) is 0 Å². The molecule has 1 heterocycles. The summed E-state index contributed by atoms with van der Waals surface area (Å²) in [5.41, 5.74) is -0.324. The molecule has 1 N–H and O–H groups in total. The molecule has 1 atom stereocenters. The number of hydrogen-bond acceptors (Lipinski definition) is 3. The van der Waals surface area contributed by atoms with Crippen LogP contribution in [0.3, 0.4) is 0 Å². The highest BCUT2D eigenvalue weighted by atomic mass is 16.5. The molecule has 1 saturated carbocycles. The van der Waals surface area contributed by atoms with Gasteiger partial charge in [0.25, 0.3) is 0 Å². The lowest BCUT2D eigenvalue weighted by Gasteiger charge is -2.18. The van der Waals surface area contributed by atoms with Crippen molar-refractivity contribution in [2.24, 2.45) is 0 Å². The second kappa shape index (κ2) is 5.73. The van der Waals surface area contributed by atoms with E-state index in [0.29, 0.717) is 0 Å². The van der Waals surface area contributed by atoms with Crippen LogP contribution in [-0.2, 0) is 4.79 Å². The fourth-order valence-corrected chi connectivity index (χ4v) is 1.91. The van der Waals surface area contributed by atoms with Gasteiger partial charge in [0.1, 0.15) is 0 Å². The van der Waals surface area contributed by atoms with Gasteiger partial charge in [-0.05, 0) is 43.1 Å². The summed E-state index contributed by atoms with van der Waals surface area (Å²) in [6.07, 6.45) is -18.7. The largest absolute Gasteiger partial charge is 0.493 e. The molecule has 1 aromatic carbocycles. The van der Waals surface area contributed by atoms with Crippen LogP contribution in [0, 0.1) is 0 Å². The minimum Gasteiger partial charge on any atom is -0.493 e. The highest BCUT2D eigenvalue weighted by Gasteiger charge is 2.25.